The summed E-state index contributed by atoms with van der Waals surface area (Å²) in [4.78, 5) is 25.7. The lowest BCUT2D eigenvalue weighted by molar-refractivity contribution is -0.384. The molecule has 1 N–H and O–H groups in total. The zero-order valence-electron chi connectivity index (χ0n) is 11.7. The molecule has 1 heterocycles. The van der Waals surface area contributed by atoms with Crippen LogP contribution in [0.1, 0.15) is 0 Å². The van der Waals surface area contributed by atoms with Gasteiger partial charge in [-0.05, 0) is 18.2 Å². The number of nitro benzene ring substituents is 1. The van der Waals surface area contributed by atoms with Gasteiger partial charge in [0.15, 0.2) is 6.61 Å². The van der Waals surface area contributed by atoms with E-state index in [0.29, 0.717) is 17.3 Å². The fraction of sp³-hybridized carbons (Fsp3) is 0.143. The molecule has 0 radical (unpaired) electrons. The molecule has 2 rings (SSSR count). The molecule has 22 heavy (non-hydrogen) atoms. The Bertz CT molecular complexity index is 655. The van der Waals surface area contributed by atoms with Crippen molar-refractivity contribution < 1.29 is 19.2 Å². The van der Waals surface area contributed by atoms with Crippen LogP contribution in [0.15, 0.2) is 42.6 Å². The summed E-state index contributed by atoms with van der Waals surface area (Å²) < 4.78 is 10.1. The molecule has 1 aromatic heterocycles. The number of rotatable bonds is 6. The highest BCUT2D eigenvalue weighted by molar-refractivity contribution is 5.91. The van der Waals surface area contributed by atoms with Gasteiger partial charge in [-0.1, -0.05) is 0 Å². The van der Waals surface area contributed by atoms with Crippen molar-refractivity contribution in [1.29, 1.82) is 0 Å². The number of hydrogen-bond donors (Lipinski definition) is 1. The van der Waals surface area contributed by atoms with E-state index in [-0.39, 0.29) is 18.2 Å². The van der Waals surface area contributed by atoms with Crippen LogP contribution in [0, 0.1) is 10.1 Å². The van der Waals surface area contributed by atoms with Crippen LogP contribution in [0.4, 0.5) is 11.4 Å². The summed E-state index contributed by atoms with van der Waals surface area (Å²) in [5.41, 5.74) is 0.471. The Balaban J connectivity index is 1.85. The van der Waals surface area contributed by atoms with Gasteiger partial charge >= 0.3 is 0 Å². The molecule has 114 valence electrons. The molecule has 0 fully saturated rings. The van der Waals surface area contributed by atoms with E-state index in [1.54, 1.807) is 12.1 Å². The number of nitro groups is 1. The Kier molecular flexibility index (Phi) is 4.86. The summed E-state index contributed by atoms with van der Waals surface area (Å²) >= 11 is 0. The van der Waals surface area contributed by atoms with Crippen LogP contribution in [0.25, 0.3) is 0 Å². The number of non-ortho nitro benzene ring substituents is 1. The minimum atomic E-state index is -0.507. The molecule has 0 saturated carbocycles. The van der Waals surface area contributed by atoms with Crippen molar-refractivity contribution in [3.05, 3.63) is 52.7 Å². The largest absolute Gasteiger partial charge is 0.484 e. The van der Waals surface area contributed by atoms with Gasteiger partial charge in [0.2, 0.25) is 5.88 Å². The quantitative estimate of drug-likeness (QED) is 0.646. The van der Waals surface area contributed by atoms with Crippen LogP contribution in [0.3, 0.4) is 0 Å². The molecule has 0 unspecified atom stereocenters. The van der Waals surface area contributed by atoms with Crippen LogP contribution in [-0.4, -0.2) is 29.5 Å². The Morgan fingerprint density at radius 3 is 2.55 bits per heavy atom. The monoisotopic (exact) mass is 303 g/mol. The van der Waals surface area contributed by atoms with Gasteiger partial charge < -0.3 is 14.8 Å². The first-order valence-corrected chi connectivity index (χ1v) is 6.25. The first kappa shape index (κ1) is 15.2. The van der Waals surface area contributed by atoms with Crippen molar-refractivity contribution in [2.75, 3.05) is 19.0 Å². The average Bonchev–Trinajstić information content (AvgIpc) is 2.54. The van der Waals surface area contributed by atoms with Crippen LogP contribution >= 0.6 is 0 Å². The number of nitrogens with zero attached hydrogens (tertiary/aromatic N) is 2. The summed E-state index contributed by atoms with van der Waals surface area (Å²) in [6, 6.07) is 8.74. The third-order valence-corrected chi connectivity index (χ3v) is 2.65. The highest BCUT2D eigenvalue weighted by Gasteiger charge is 2.07. The van der Waals surface area contributed by atoms with Crippen LogP contribution in [0.5, 0.6) is 11.6 Å². The summed E-state index contributed by atoms with van der Waals surface area (Å²) in [6.45, 7) is -0.218. The predicted octanol–water partition coefficient (Wildman–Crippen LogP) is 2.02. The zero-order valence-corrected chi connectivity index (χ0v) is 11.7. The molecule has 0 bridgehead atoms. The van der Waals surface area contributed by atoms with E-state index in [2.05, 4.69) is 10.3 Å². The Morgan fingerprint density at radius 2 is 2.00 bits per heavy atom. The Morgan fingerprint density at radius 1 is 1.27 bits per heavy atom. The smallest absolute Gasteiger partial charge is 0.269 e. The molecule has 8 nitrogen and oxygen atoms in total. The van der Waals surface area contributed by atoms with Gasteiger partial charge in [-0.15, -0.1) is 0 Å². The topological polar surface area (TPSA) is 104 Å². The zero-order chi connectivity index (χ0) is 15.9. The number of anilines is 1. The van der Waals surface area contributed by atoms with Gasteiger partial charge in [0.1, 0.15) is 5.75 Å². The third-order valence-electron chi connectivity index (χ3n) is 2.65. The number of carbonyl (C=O) groups is 1. The number of amides is 1. The highest BCUT2D eigenvalue weighted by Crippen LogP contribution is 2.17. The minimum absolute atomic E-state index is 0.0406. The van der Waals surface area contributed by atoms with E-state index in [1.807, 2.05) is 0 Å². The second-order valence-corrected chi connectivity index (χ2v) is 4.18. The number of hydrogen-bond acceptors (Lipinski definition) is 6. The molecule has 0 atom stereocenters. The molecule has 0 aliphatic heterocycles. The van der Waals surface area contributed by atoms with Crippen LogP contribution in [0.2, 0.25) is 0 Å². The van der Waals surface area contributed by atoms with Gasteiger partial charge in [-0.3, -0.25) is 14.9 Å². The maximum absolute atomic E-state index is 11.7. The number of nitrogens with one attached hydrogen (secondary N) is 1. The molecule has 1 aromatic carbocycles. The maximum Gasteiger partial charge on any atom is 0.269 e. The van der Waals surface area contributed by atoms with Gasteiger partial charge in [0, 0.05) is 18.2 Å². The molecule has 0 saturated heterocycles. The average molecular weight is 303 g/mol. The molecule has 1 amide bonds. The normalized spacial score (nSPS) is 9.86. The molecular formula is C14H13N3O5. The van der Waals surface area contributed by atoms with Crippen molar-refractivity contribution in [2.45, 2.75) is 0 Å². The summed E-state index contributed by atoms with van der Waals surface area (Å²) in [6.07, 6.45) is 1.46. The molecular weight excluding hydrogens is 290 g/mol. The van der Waals surface area contributed by atoms with E-state index >= 15 is 0 Å². The standard InChI is InChI=1S/C14H13N3O5/c1-21-14-7-2-10(8-15-14)16-13(18)9-22-12-5-3-11(4-6-12)17(19)20/h2-8H,9H2,1H3,(H,16,18). The first-order valence-electron chi connectivity index (χ1n) is 6.25. The second kappa shape index (κ2) is 7.02. The Labute approximate surface area is 125 Å². The maximum atomic E-state index is 11.7. The number of methoxy groups -OCH3 is 1. The summed E-state index contributed by atoms with van der Waals surface area (Å²) in [5.74, 6) is 0.444. The van der Waals surface area contributed by atoms with E-state index in [1.165, 1.54) is 37.6 Å². The summed E-state index contributed by atoms with van der Waals surface area (Å²) in [5, 5.41) is 13.1. The third kappa shape index (κ3) is 4.17. The van der Waals surface area contributed by atoms with Gasteiger partial charge in [0.05, 0.1) is 23.9 Å². The van der Waals surface area contributed by atoms with E-state index in [9.17, 15) is 14.9 Å². The SMILES string of the molecule is COc1ccc(NC(=O)COc2ccc([N+](=O)[O-])cc2)cn1. The van der Waals surface area contributed by atoms with E-state index in [4.69, 9.17) is 9.47 Å². The van der Waals surface area contributed by atoms with E-state index in [0.717, 1.165) is 0 Å². The van der Waals surface area contributed by atoms with Gasteiger partial charge in [-0.2, -0.15) is 0 Å². The number of ether oxygens (including phenoxy) is 2. The van der Waals surface area contributed by atoms with Crippen LogP contribution < -0.4 is 14.8 Å². The fourth-order valence-corrected chi connectivity index (χ4v) is 1.59. The molecule has 2 aromatic rings. The molecule has 0 aliphatic carbocycles. The van der Waals surface area contributed by atoms with Gasteiger partial charge in [0.25, 0.3) is 11.6 Å². The minimum Gasteiger partial charge on any atom is -0.484 e. The molecule has 0 aliphatic rings. The number of aromatic nitrogens is 1. The first-order chi connectivity index (χ1) is 10.6. The lowest BCUT2D eigenvalue weighted by Crippen LogP contribution is -2.20. The number of benzene rings is 1. The summed E-state index contributed by atoms with van der Waals surface area (Å²) in [7, 11) is 1.50. The van der Waals surface area contributed by atoms with Crippen molar-refractivity contribution in [3.8, 4) is 11.6 Å². The van der Waals surface area contributed by atoms with Crippen molar-refractivity contribution in [3.63, 3.8) is 0 Å². The van der Waals surface area contributed by atoms with Gasteiger partial charge in [-0.25, -0.2) is 4.98 Å². The van der Waals surface area contributed by atoms with Crippen LogP contribution in [-0.2, 0) is 4.79 Å². The van der Waals surface area contributed by atoms with Crippen molar-refractivity contribution >= 4 is 17.3 Å². The molecule has 8 heteroatoms. The number of pyridine rings is 1. The Hall–Kier alpha value is -3.16. The lowest BCUT2D eigenvalue weighted by Gasteiger charge is -2.07. The highest BCUT2D eigenvalue weighted by atomic mass is 16.6. The predicted molar refractivity (Wildman–Crippen MR) is 78.0 cm³/mol. The second-order valence-electron chi connectivity index (χ2n) is 4.18. The van der Waals surface area contributed by atoms with E-state index < -0.39 is 4.92 Å². The van der Waals surface area contributed by atoms with Crippen molar-refractivity contribution in [1.82, 2.24) is 4.98 Å². The fourth-order valence-electron chi connectivity index (χ4n) is 1.59. The molecule has 0 spiro atoms. The number of carbonyl (C=O) groups excluding carboxylic acids is 1. The van der Waals surface area contributed by atoms with Crippen molar-refractivity contribution in [2.24, 2.45) is 0 Å². The lowest BCUT2D eigenvalue weighted by atomic mass is 10.3.